The van der Waals surface area contributed by atoms with Gasteiger partial charge in [-0.25, -0.2) is 0 Å². The van der Waals surface area contributed by atoms with Gasteiger partial charge in [0, 0.05) is 29.6 Å². The first-order valence-electron chi connectivity index (χ1n) is 9.97. The van der Waals surface area contributed by atoms with Crippen LogP contribution >= 0.6 is 23.4 Å². The fraction of sp³-hybridized carbons (Fsp3) is 0.435. The highest BCUT2D eigenvalue weighted by atomic mass is 35.5. The minimum Gasteiger partial charge on any atom is -0.371 e. The molecule has 2 aromatic carbocycles. The Balaban J connectivity index is 1.45. The fourth-order valence-corrected chi connectivity index (χ4v) is 4.65. The van der Waals surface area contributed by atoms with Gasteiger partial charge in [-0.3, -0.25) is 4.79 Å². The normalized spacial score (nSPS) is 18.0. The zero-order valence-corrected chi connectivity index (χ0v) is 18.2. The van der Waals surface area contributed by atoms with Crippen molar-refractivity contribution < 1.29 is 4.79 Å². The molecule has 1 amide bonds. The number of carbonyl (C=O) groups is 1. The summed E-state index contributed by atoms with van der Waals surface area (Å²) in [5, 5.41) is 3.84. The van der Waals surface area contributed by atoms with E-state index >= 15 is 0 Å². The van der Waals surface area contributed by atoms with E-state index in [1.54, 1.807) is 11.8 Å². The highest BCUT2D eigenvalue weighted by molar-refractivity contribution is 7.99. The minimum absolute atomic E-state index is 0.00796. The summed E-state index contributed by atoms with van der Waals surface area (Å²) in [7, 11) is 0. The van der Waals surface area contributed by atoms with E-state index < -0.39 is 0 Å². The van der Waals surface area contributed by atoms with Gasteiger partial charge in [-0.15, -0.1) is 11.8 Å². The molecule has 2 atom stereocenters. The molecular formula is C23H29ClN2OS. The average molecular weight is 417 g/mol. The van der Waals surface area contributed by atoms with Crippen molar-refractivity contribution in [1.82, 2.24) is 5.32 Å². The number of nitrogens with zero attached hydrogens (tertiary/aromatic N) is 1. The number of benzene rings is 2. The van der Waals surface area contributed by atoms with Crippen LogP contribution in [0.4, 0.5) is 5.69 Å². The summed E-state index contributed by atoms with van der Waals surface area (Å²) >= 11 is 7.60. The van der Waals surface area contributed by atoms with E-state index in [2.05, 4.69) is 41.4 Å². The van der Waals surface area contributed by atoms with Crippen LogP contribution in [-0.4, -0.2) is 24.7 Å². The molecule has 0 aromatic heterocycles. The van der Waals surface area contributed by atoms with Crippen LogP contribution in [0.2, 0.25) is 5.02 Å². The van der Waals surface area contributed by atoms with Crippen molar-refractivity contribution in [3.05, 3.63) is 64.7 Å². The van der Waals surface area contributed by atoms with E-state index in [1.165, 1.54) is 18.5 Å². The van der Waals surface area contributed by atoms with Gasteiger partial charge in [0.25, 0.3) is 0 Å². The van der Waals surface area contributed by atoms with Gasteiger partial charge in [0.2, 0.25) is 5.91 Å². The van der Waals surface area contributed by atoms with E-state index in [9.17, 15) is 4.79 Å². The number of amides is 1. The minimum atomic E-state index is 0.00796. The summed E-state index contributed by atoms with van der Waals surface area (Å²) in [6.07, 6.45) is 2.59. The Kier molecular flexibility index (Phi) is 7.69. The Morgan fingerprint density at radius 1 is 1.29 bits per heavy atom. The molecule has 0 bridgehead atoms. The maximum absolute atomic E-state index is 12.3. The lowest BCUT2D eigenvalue weighted by Gasteiger charge is -2.33. The molecule has 1 aliphatic rings. The molecule has 0 saturated carbocycles. The van der Waals surface area contributed by atoms with Crippen molar-refractivity contribution in [1.29, 1.82) is 0 Å². The molecule has 0 radical (unpaired) electrons. The van der Waals surface area contributed by atoms with E-state index in [4.69, 9.17) is 11.6 Å². The first-order chi connectivity index (χ1) is 13.5. The van der Waals surface area contributed by atoms with Crippen molar-refractivity contribution >= 4 is 35.0 Å². The molecule has 0 aliphatic carbocycles. The Morgan fingerprint density at radius 3 is 2.79 bits per heavy atom. The van der Waals surface area contributed by atoms with Crippen molar-refractivity contribution in [3.63, 3.8) is 0 Å². The summed E-state index contributed by atoms with van der Waals surface area (Å²) in [4.78, 5) is 14.7. The zero-order valence-electron chi connectivity index (χ0n) is 16.7. The molecule has 1 N–H and O–H groups in total. The SMILES string of the molecule is CC1CCCN(c2ccc(C(C)NC(=O)CSCc3cccc(Cl)c3)cc2)C1. The van der Waals surface area contributed by atoms with Gasteiger partial charge in [-0.05, 0) is 61.1 Å². The maximum Gasteiger partial charge on any atom is 0.230 e. The van der Waals surface area contributed by atoms with Crippen LogP contribution in [0.15, 0.2) is 48.5 Å². The van der Waals surface area contributed by atoms with E-state index in [0.717, 1.165) is 40.9 Å². The molecule has 1 aliphatic heterocycles. The molecule has 2 aromatic rings. The van der Waals surface area contributed by atoms with Gasteiger partial charge in [0.05, 0.1) is 11.8 Å². The maximum atomic E-state index is 12.3. The molecule has 1 heterocycles. The number of hydrogen-bond donors (Lipinski definition) is 1. The zero-order chi connectivity index (χ0) is 19.9. The summed E-state index contributed by atoms with van der Waals surface area (Å²) in [6, 6.07) is 16.4. The topological polar surface area (TPSA) is 32.3 Å². The molecule has 28 heavy (non-hydrogen) atoms. The lowest BCUT2D eigenvalue weighted by molar-refractivity contribution is -0.119. The Morgan fingerprint density at radius 2 is 2.07 bits per heavy atom. The largest absolute Gasteiger partial charge is 0.371 e. The molecule has 1 saturated heterocycles. The molecule has 3 nitrogen and oxygen atoms in total. The molecule has 0 spiro atoms. The summed E-state index contributed by atoms with van der Waals surface area (Å²) in [5.41, 5.74) is 3.56. The van der Waals surface area contributed by atoms with Crippen molar-refractivity contribution in [2.24, 2.45) is 5.92 Å². The van der Waals surface area contributed by atoms with Gasteiger partial charge in [-0.2, -0.15) is 0 Å². The molecule has 2 unspecified atom stereocenters. The van der Waals surface area contributed by atoms with Crippen LogP contribution in [0.5, 0.6) is 0 Å². The predicted octanol–water partition coefficient (Wildman–Crippen LogP) is 5.69. The second-order valence-electron chi connectivity index (χ2n) is 7.70. The van der Waals surface area contributed by atoms with Crippen LogP contribution < -0.4 is 10.2 Å². The Bertz CT molecular complexity index is 780. The summed E-state index contributed by atoms with van der Waals surface area (Å²) in [6.45, 7) is 6.63. The Labute approximate surface area is 177 Å². The number of hydrogen-bond acceptors (Lipinski definition) is 3. The lowest BCUT2D eigenvalue weighted by atomic mass is 9.99. The van der Waals surface area contributed by atoms with Gasteiger partial charge in [0.1, 0.15) is 0 Å². The smallest absolute Gasteiger partial charge is 0.230 e. The average Bonchev–Trinajstić information content (AvgIpc) is 2.68. The van der Waals surface area contributed by atoms with Gasteiger partial charge >= 0.3 is 0 Å². The molecular weight excluding hydrogens is 388 g/mol. The van der Waals surface area contributed by atoms with E-state index in [1.807, 2.05) is 31.2 Å². The number of anilines is 1. The highest BCUT2D eigenvalue weighted by Crippen LogP contribution is 2.25. The second kappa shape index (κ2) is 10.2. The standard InChI is InChI=1S/C23H29ClN2OS/c1-17-5-4-12-26(14-17)22-10-8-20(9-11-22)18(2)25-23(27)16-28-15-19-6-3-7-21(24)13-19/h3,6-11,13,17-18H,4-5,12,14-16H2,1-2H3,(H,25,27). The summed E-state index contributed by atoms with van der Waals surface area (Å²) < 4.78 is 0. The van der Waals surface area contributed by atoms with Crippen LogP contribution in [-0.2, 0) is 10.5 Å². The highest BCUT2D eigenvalue weighted by Gasteiger charge is 2.17. The first kappa shape index (κ1) is 21.1. The summed E-state index contributed by atoms with van der Waals surface area (Å²) in [5.74, 6) is 2.05. The number of nitrogens with one attached hydrogen (secondary N) is 1. The van der Waals surface area contributed by atoms with Crippen LogP contribution in [0.25, 0.3) is 0 Å². The quantitative estimate of drug-likeness (QED) is 0.629. The molecule has 3 rings (SSSR count). The number of piperidine rings is 1. The van der Waals surface area contributed by atoms with Gasteiger partial charge < -0.3 is 10.2 Å². The molecule has 150 valence electrons. The van der Waals surface area contributed by atoms with Crippen molar-refractivity contribution in [3.8, 4) is 0 Å². The predicted molar refractivity (Wildman–Crippen MR) is 121 cm³/mol. The second-order valence-corrected chi connectivity index (χ2v) is 9.12. The third-order valence-corrected chi connectivity index (χ3v) is 6.42. The van der Waals surface area contributed by atoms with E-state index in [0.29, 0.717) is 5.75 Å². The first-order valence-corrected chi connectivity index (χ1v) is 11.5. The van der Waals surface area contributed by atoms with Crippen molar-refractivity contribution in [2.45, 2.75) is 38.5 Å². The number of carbonyl (C=O) groups excluding carboxylic acids is 1. The van der Waals surface area contributed by atoms with Gasteiger partial charge in [-0.1, -0.05) is 42.8 Å². The third-order valence-electron chi connectivity index (χ3n) is 5.18. The van der Waals surface area contributed by atoms with E-state index in [-0.39, 0.29) is 11.9 Å². The van der Waals surface area contributed by atoms with Crippen LogP contribution in [0, 0.1) is 5.92 Å². The molecule has 5 heteroatoms. The fourth-order valence-electron chi connectivity index (χ4n) is 3.65. The van der Waals surface area contributed by atoms with Crippen LogP contribution in [0.3, 0.4) is 0 Å². The van der Waals surface area contributed by atoms with Crippen molar-refractivity contribution in [2.75, 3.05) is 23.7 Å². The number of thioether (sulfide) groups is 1. The lowest BCUT2D eigenvalue weighted by Crippen LogP contribution is -2.34. The number of halogens is 1. The number of rotatable bonds is 7. The molecule has 1 fully saturated rings. The van der Waals surface area contributed by atoms with Crippen LogP contribution in [0.1, 0.15) is 43.9 Å². The Hall–Kier alpha value is -1.65. The van der Waals surface area contributed by atoms with Gasteiger partial charge in [0.15, 0.2) is 0 Å². The third kappa shape index (κ3) is 6.18. The monoisotopic (exact) mass is 416 g/mol.